The second-order valence-electron chi connectivity index (χ2n) is 3.24. The minimum absolute atomic E-state index is 0.0132. The second-order valence-corrected chi connectivity index (χ2v) is 3.24. The molecule has 1 aromatic heterocycles. The summed E-state index contributed by atoms with van der Waals surface area (Å²) >= 11 is 0. The van der Waals surface area contributed by atoms with Crippen molar-refractivity contribution in [2.24, 2.45) is 0 Å². The van der Waals surface area contributed by atoms with Gasteiger partial charge in [-0.25, -0.2) is 13.8 Å². The molecule has 0 atom stereocenters. The van der Waals surface area contributed by atoms with Gasteiger partial charge in [0, 0.05) is 6.07 Å². The maximum absolute atomic E-state index is 13.3. The van der Waals surface area contributed by atoms with Crippen LogP contribution in [0.25, 0.3) is 0 Å². The maximum Gasteiger partial charge on any atom is 0.276 e. The van der Waals surface area contributed by atoms with Gasteiger partial charge in [0.1, 0.15) is 17.3 Å². The van der Waals surface area contributed by atoms with Crippen molar-refractivity contribution in [3.8, 4) is 0 Å². The van der Waals surface area contributed by atoms with Gasteiger partial charge in [0.05, 0.1) is 12.0 Å². The van der Waals surface area contributed by atoms with Crippen LogP contribution in [-0.4, -0.2) is 9.97 Å². The molecular weight excluding hydrogens is 230 g/mol. The van der Waals surface area contributed by atoms with Gasteiger partial charge >= 0.3 is 0 Å². The summed E-state index contributed by atoms with van der Waals surface area (Å²) in [4.78, 5) is 17.2. The fourth-order valence-electron chi connectivity index (χ4n) is 1.23. The Morgan fingerprint density at radius 1 is 1.35 bits per heavy atom. The molecule has 88 valence electrons. The van der Waals surface area contributed by atoms with Gasteiger partial charge in [-0.2, -0.15) is 0 Å². The average molecular weight is 238 g/mol. The highest BCUT2D eigenvalue weighted by Gasteiger charge is 2.08. The number of hydrogen-bond donors (Lipinski definition) is 3. The molecule has 2 aromatic rings. The molecule has 0 bridgehead atoms. The predicted octanol–water partition coefficient (Wildman–Crippen LogP) is 1.37. The number of anilines is 3. The van der Waals surface area contributed by atoms with E-state index in [4.69, 9.17) is 5.73 Å². The van der Waals surface area contributed by atoms with Crippen LogP contribution in [0.3, 0.4) is 0 Å². The van der Waals surface area contributed by atoms with Crippen molar-refractivity contribution in [3.63, 3.8) is 0 Å². The largest absolute Gasteiger partial charge is 0.391 e. The van der Waals surface area contributed by atoms with Crippen LogP contribution < -0.4 is 16.6 Å². The number of aromatic nitrogens is 2. The lowest BCUT2D eigenvalue weighted by atomic mass is 10.3. The van der Waals surface area contributed by atoms with Crippen LogP contribution in [0.2, 0.25) is 0 Å². The lowest BCUT2D eigenvalue weighted by Crippen LogP contribution is -2.15. The first-order valence-electron chi connectivity index (χ1n) is 4.63. The molecule has 0 radical (unpaired) electrons. The second kappa shape index (κ2) is 4.20. The first-order valence-corrected chi connectivity index (χ1v) is 4.63. The van der Waals surface area contributed by atoms with Gasteiger partial charge in [-0.15, -0.1) is 0 Å². The van der Waals surface area contributed by atoms with Crippen molar-refractivity contribution in [1.82, 2.24) is 9.97 Å². The van der Waals surface area contributed by atoms with Crippen molar-refractivity contribution in [2.75, 3.05) is 11.1 Å². The van der Waals surface area contributed by atoms with E-state index >= 15 is 0 Å². The Labute approximate surface area is 94.3 Å². The summed E-state index contributed by atoms with van der Waals surface area (Å²) in [5, 5.41) is 2.51. The van der Waals surface area contributed by atoms with Gasteiger partial charge in [0.25, 0.3) is 5.56 Å². The number of nitrogen functional groups attached to an aromatic ring is 1. The monoisotopic (exact) mass is 238 g/mol. The Morgan fingerprint density at radius 2 is 2.12 bits per heavy atom. The summed E-state index contributed by atoms with van der Waals surface area (Å²) in [6.45, 7) is 0. The molecule has 0 saturated heterocycles. The van der Waals surface area contributed by atoms with E-state index in [1.807, 2.05) is 0 Å². The van der Waals surface area contributed by atoms with Gasteiger partial charge < -0.3 is 16.0 Å². The van der Waals surface area contributed by atoms with Crippen LogP contribution in [0, 0.1) is 11.6 Å². The topological polar surface area (TPSA) is 83.8 Å². The van der Waals surface area contributed by atoms with E-state index in [1.165, 1.54) is 6.07 Å². The van der Waals surface area contributed by atoms with Gasteiger partial charge in [-0.3, -0.25) is 4.79 Å². The molecule has 0 fully saturated rings. The molecule has 17 heavy (non-hydrogen) atoms. The quantitative estimate of drug-likeness (QED) is 0.737. The normalized spacial score (nSPS) is 10.2. The van der Waals surface area contributed by atoms with E-state index in [-0.39, 0.29) is 17.2 Å². The molecule has 2 rings (SSSR count). The SMILES string of the molecule is Nc1c(Nc2ccc(F)cc2F)nc[nH]c1=O. The highest BCUT2D eigenvalue weighted by molar-refractivity contribution is 5.67. The van der Waals surface area contributed by atoms with Crippen molar-refractivity contribution >= 4 is 17.2 Å². The Hall–Kier alpha value is -2.44. The van der Waals surface area contributed by atoms with E-state index in [0.29, 0.717) is 6.07 Å². The first-order chi connectivity index (χ1) is 8.08. The van der Waals surface area contributed by atoms with Crippen molar-refractivity contribution < 1.29 is 8.78 Å². The Kier molecular flexibility index (Phi) is 2.73. The molecule has 7 heteroatoms. The fourth-order valence-corrected chi connectivity index (χ4v) is 1.23. The smallest absolute Gasteiger partial charge is 0.276 e. The van der Waals surface area contributed by atoms with E-state index in [9.17, 15) is 13.6 Å². The molecule has 0 spiro atoms. The predicted molar refractivity (Wildman–Crippen MR) is 58.9 cm³/mol. The molecule has 0 unspecified atom stereocenters. The van der Waals surface area contributed by atoms with E-state index in [1.54, 1.807) is 0 Å². The third kappa shape index (κ3) is 2.22. The number of nitrogens with one attached hydrogen (secondary N) is 2. The lowest BCUT2D eigenvalue weighted by molar-refractivity contribution is 0.586. The average Bonchev–Trinajstić information content (AvgIpc) is 2.28. The van der Waals surface area contributed by atoms with E-state index < -0.39 is 17.2 Å². The zero-order chi connectivity index (χ0) is 12.4. The Balaban J connectivity index is 2.38. The Bertz CT molecular complexity index is 611. The summed E-state index contributed by atoms with van der Waals surface area (Å²) in [5.74, 6) is -1.48. The molecule has 5 nitrogen and oxygen atoms in total. The molecular formula is C10H8F2N4O. The van der Waals surface area contributed by atoms with E-state index in [2.05, 4.69) is 15.3 Å². The van der Waals surface area contributed by atoms with Crippen molar-refractivity contribution in [2.45, 2.75) is 0 Å². The molecule has 0 aliphatic heterocycles. The van der Waals surface area contributed by atoms with Crippen LogP contribution in [0.1, 0.15) is 0 Å². The van der Waals surface area contributed by atoms with Gasteiger partial charge in [0.2, 0.25) is 0 Å². The number of hydrogen-bond acceptors (Lipinski definition) is 4. The minimum atomic E-state index is -0.800. The van der Waals surface area contributed by atoms with Crippen molar-refractivity contribution in [1.29, 1.82) is 0 Å². The summed E-state index contributed by atoms with van der Waals surface area (Å²) in [5.41, 5.74) is 4.72. The van der Waals surface area contributed by atoms with Crippen LogP contribution >= 0.6 is 0 Å². The number of nitrogens with zero attached hydrogens (tertiary/aromatic N) is 1. The zero-order valence-corrected chi connectivity index (χ0v) is 8.50. The number of H-pyrrole nitrogens is 1. The minimum Gasteiger partial charge on any atom is -0.391 e. The fraction of sp³-hybridized carbons (Fsp3) is 0. The summed E-state index contributed by atoms with van der Waals surface area (Å²) in [6.07, 6.45) is 1.13. The maximum atomic E-state index is 13.3. The standard InChI is InChI=1S/C10H8F2N4O/c11-5-1-2-7(6(12)3-5)16-9-8(13)10(17)15-4-14-9/h1-4H,13H2,(H2,14,15,16,17). The molecule has 0 aliphatic rings. The van der Waals surface area contributed by atoms with Crippen LogP contribution in [0.5, 0.6) is 0 Å². The Morgan fingerprint density at radius 3 is 2.82 bits per heavy atom. The van der Waals surface area contributed by atoms with Crippen LogP contribution in [-0.2, 0) is 0 Å². The molecule has 0 saturated carbocycles. The van der Waals surface area contributed by atoms with Crippen LogP contribution in [0.15, 0.2) is 29.3 Å². The third-order valence-electron chi connectivity index (χ3n) is 2.07. The highest BCUT2D eigenvalue weighted by Crippen LogP contribution is 2.20. The summed E-state index contributed by atoms with van der Waals surface area (Å²) < 4.78 is 26.0. The zero-order valence-electron chi connectivity index (χ0n) is 8.50. The van der Waals surface area contributed by atoms with E-state index in [0.717, 1.165) is 12.4 Å². The molecule has 4 N–H and O–H groups in total. The highest BCUT2D eigenvalue weighted by atomic mass is 19.1. The third-order valence-corrected chi connectivity index (χ3v) is 2.07. The molecule has 0 amide bonds. The number of benzene rings is 1. The first kappa shape index (κ1) is 11.1. The molecule has 1 aromatic carbocycles. The number of aromatic amines is 1. The van der Waals surface area contributed by atoms with Crippen molar-refractivity contribution in [3.05, 3.63) is 46.5 Å². The van der Waals surface area contributed by atoms with Gasteiger partial charge in [-0.05, 0) is 12.1 Å². The van der Waals surface area contributed by atoms with Crippen LogP contribution in [0.4, 0.5) is 26.0 Å². The number of halogens is 2. The number of nitrogens with two attached hydrogens (primary N) is 1. The number of rotatable bonds is 2. The lowest BCUT2D eigenvalue weighted by Gasteiger charge is -2.07. The molecule has 1 heterocycles. The summed E-state index contributed by atoms with van der Waals surface area (Å²) in [7, 11) is 0. The summed E-state index contributed by atoms with van der Waals surface area (Å²) in [6, 6.07) is 2.98. The van der Waals surface area contributed by atoms with Gasteiger partial charge in [-0.1, -0.05) is 0 Å². The van der Waals surface area contributed by atoms with Gasteiger partial charge in [0.15, 0.2) is 5.82 Å². The molecule has 0 aliphatic carbocycles.